The quantitative estimate of drug-likeness (QED) is 0.485. The molecule has 1 saturated heterocycles. The Morgan fingerprint density at radius 1 is 1.00 bits per heavy atom. The van der Waals surface area contributed by atoms with Gasteiger partial charge < -0.3 is 15.0 Å². The molecule has 5 rings (SSSR count). The summed E-state index contributed by atoms with van der Waals surface area (Å²) >= 11 is 13.1. The first-order valence-corrected chi connectivity index (χ1v) is 11.4. The zero-order valence-electron chi connectivity index (χ0n) is 17.1. The standard InChI is InChI=1S/C24H24Cl2N4O/c25-19-4-3-5-20(26)23(19)24-28-21-16-27-11-10-22(21)30(24)17-6-8-18(9-7-17)31-15-14-29-12-1-2-13-29/h3-11,16,24,28H,1-2,12-15H2. The minimum absolute atomic E-state index is 0.234. The molecule has 7 heteroatoms. The predicted molar refractivity (Wildman–Crippen MR) is 127 cm³/mol. The molecule has 3 aromatic rings. The number of aromatic nitrogens is 1. The molecule has 0 spiro atoms. The summed E-state index contributed by atoms with van der Waals surface area (Å²) in [6, 6.07) is 15.8. The summed E-state index contributed by atoms with van der Waals surface area (Å²) in [5, 5.41) is 4.76. The highest BCUT2D eigenvalue weighted by Crippen LogP contribution is 2.48. The number of fused-ring (bicyclic) bond motifs is 1. The first kappa shape index (κ1) is 20.4. The van der Waals surface area contributed by atoms with Gasteiger partial charge in [-0.2, -0.15) is 0 Å². The van der Waals surface area contributed by atoms with Crippen molar-refractivity contribution in [1.82, 2.24) is 9.88 Å². The Kier molecular flexibility index (Phi) is 5.90. The van der Waals surface area contributed by atoms with Crippen molar-refractivity contribution in [1.29, 1.82) is 0 Å². The maximum Gasteiger partial charge on any atom is 0.133 e. The van der Waals surface area contributed by atoms with Crippen molar-refractivity contribution >= 4 is 40.3 Å². The number of nitrogens with one attached hydrogen (secondary N) is 1. The molecular formula is C24H24Cl2N4O. The summed E-state index contributed by atoms with van der Waals surface area (Å²) in [7, 11) is 0. The number of benzene rings is 2. The molecule has 0 aliphatic carbocycles. The van der Waals surface area contributed by atoms with E-state index in [-0.39, 0.29) is 6.17 Å². The lowest BCUT2D eigenvalue weighted by molar-refractivity contribution is 0.238. The van der Waals surface area contributed by atoms with Crippen LogP contribution in [0.15, 0.2) is 60.9 Å². The fourth-order valence-electron chi connectivity index (χ4n) is 4.32. The van der Waals surface area contributed by atoms with Gasteiger partial charge in [-0.15, -0.1) is 0 Å². The van der Waals surface area contributed by atoms with E-state index in [1.807, 2.05) is 42.6 Å². The molecule has 1 fully saturated rings. The summed E-state index contributed by atoms with van der Waals surface area (Å²) in [5.41, 5.74) is 3.83. The third-order valence-corrected chi connectivity index (χ3v) is 6.53. The number of nitrogens with zero attached hydrogens (tertiary/aromatic N) is 3. The fourth-order valence-corrected chi connectivity index (χ4v) is 4.93. The molecule has 3 heterocycles. The fraction of sp³-hybridized carbons (Fsp3) is 0.292. The van der Waals surface area contributed by atoms with Crippen LogP contribution in [-0.4, -0.2) is 36.1 Å². The van der Waals surface area contributed by atoms with Crippen molar-refractivity contribution in [3.05, 3.63) is 76.5 Å². The molecule has 2 aliphatic heterocycles. The normalized spacial score (nSPS) is 18.1. The molecule has 1 N–H and O–H groups in total. The van der Waals surface area contributed by atoms with Crippen molar-refractivity contribution in [2.45, 2.75) is 19.0 Å². The van der Waals surface area contributed by atoms with Crippen LogP contribution in [-0.2, 0) is 0 Å². The summed E-state index contributed by atoms with van der Waals surface area (Å²) in [6.07, 6.45) is 5.98. The van der Waals surface area contributed by atoms with E-state index in [4.69, 9.17) is 27.9 Å². The Hall–Kier alpha value is -2.47. The average molecular weight is 455 g/mol. The molecule has 2 aliphatic rings. The van der Waals surface area contributed by atoms with Crippen LogP contribution in [0.25, 0.3) is 0 Å². The maximum absolute atomic E-state index is 6.55. The largest absolute Gasteiger partial charge is 0.492 e. The summed E-state index contributed by atoms with van der Waals surface area (Å²) in [5.74, 6) is 0.873. The first-order valence-electron chi connectivity index (χ1n) is 10.6. The van der Waals surface area contributed by atoms with Gasteiger partial charge in [0.1, 0.15) is 18.5 Å². The van der Waals surface area contributed by atoms with Gasteiger partial charge in [0.15, 0.2) is 0 Å². The van der Waals surface area contributed by atoms with E-state index in [2.05, 4.69) is 32.2 Å². The zero-order chi connectivity index (χ0) is 21.2. The molecule has 1 aromatic heterocycles. The van der Waals surface area contributed by atoms with Crippen molar-refractivity contribution < 1.29 is 4.74 Å². The van der Waals surface area contributed by atoms with E-state index in [0.717, 1.165) is 34.9 Å². The SMILES string of the molecule is Clc1cccc(Cl)c1C1Nc2cnccc2N1c1ccc(OCCN2CCCC2)cc1. The van der Waals surface area contributed by atoms with Gasteiger partial charge in [0.2, 0.25) is 0 Å². The van der Waals surface area contributed by atoms with E-state index < -0.39 is 0 Å². The second-order valence-electron chi connectivity index (χ2n) is 7.84. The van der Waals surface area contributed by atoms with Crippen molar-refractivity contribution in [3.8, 4) is 5.75 Å². The number of halogens is 2. The van der Waals surface area contributed by atoms with Crippen LogP contribution in [0.5, 0.6) is 5.75 Å². The third kappa shape index (κ3) is 4.18. The van der Waals surface area contributed by atoms with Crippen LogP contribution in [0.1, 0.15) is 24.6 Å². The van der Waals surface area contributed by atoms with Gasteiger partial charge in [0.05, 0.1) is 17.6 Å². The molecular weight excluding hydrogens is 431 g/mol. The van der Waals surface area contributed by atoms with Crippen molar-refractivity contribution in [2.75, 3.05) is 36.5 Å². The highest BCUT2D eigenvalue weighted by Gasteiger charge is 2.33. The van der Waals surface area contributed by atoms with Gasteiger partial charge in [-0.25, -0.2) is 0 Å². The van der Waals surface area contributed by atoms with Gasteiger partial charge in [-0.3, -0.25) is 9.88 Å². The Labute approximate surface area is 192 Å². The van der Waals surface area contributed by atoms with Gasteiger partial charge in [0, 0.05) is 34.0 Å². The summed E-state index contributed by atoms with van der Waals surface area (Å²) < 4.78 is 5.98. The van der Waals surface area contributed by atoms with Crippen molar-refractivity contribution in [2.24, 2.45) is 0 Å². The minimum atomic E-state index is -0.234. The first-order chi connectivity index (χ1) is 15.2. The number of pyridine rings is 1. The van der Waals surface area contributed by atoms with Gasteiger partial charge in [-0.1, -0.05) is 29.3 Å². The maximum atomic E-state index is 6.55. The zero-order valence-corrected chi connectivity index (χ0v) is 18.6. The molecule has 5 nitrogen and oxygen atoms in total. The second-order valence-corrected chi connectivity index (χ2v) is 8.65. The molecule has 0 bridgehead atoms. The molecule has 2 aromatic carbocycles. The molecule has 1 atom stereocenters. The Balaban J connectivity index is 1.39. The van der Waals surface area contributed by atoms with E-state index in [1.54, 1.807) is 6.20 Å². The lowest BCUT2D eigenvalue weighted by atomic mass is 10.1. The molecule has 0 amide bonds. The van der Waals surface area contributed by atoms with Crippen molar-refractivity contribution in [3.63, 3.8) is 0 Å². The van der Waals surface area contributed by atoms with Gasteiger partial charge >= 0.3 is 0 Å². The topological polar surface area (TPSA) is 40.6 Å². The van der Waals surface area contributed by atoms with E-state index >= 15 is 0 Å². The highest BCUT2D eigenvalue weighted by atomic mass is 35.5. The monoisotopic (exact) mass is 454 g/mol. The van der Waals surface area contributed by atoms with Crippen LogP contribution in [0.3, 0.4) is 0 Å². The van der Waals surface area contributed by atoms with Crippen LogP contribution in [0, 0.1) is 0 Å². The van der Waals surface area contributed by atoms with E-state index in [0.29, 0.717) is 16.7 Å². The number of likely N-dealkylation sites (tertiary alicyclic amines) is 1. The number of rotatable bonds is 6. The second kappa shape index (κ2) is 8.95. The third-order valence-electron chi connectivity index (χ3n) is 5.87. The number of hydrogen-bond donors (Lipinski definition) is 1. The number of hydrogen-bond acceptors (Lipinski definition) is 5. The summed E-state index contributed by atoms with van der Waals surface area (Å²) in [4.78, 5) is 8.90. The Bertz CT molecular complexity index is 1030. The molecule has 0 saturated carbocycles. The van der Waals surface area contributed by atoms with Gasteiger partial charge in [-0.05, 0) is 68.4 Å². The van der Waals surface area contributed by atoms with Crippen LogP contribution >= 0.6 is 23.2 Å². The highest BCUT2D eigenvalue weighted by molar-refractivity contribution is 6.36. The lowest BCUT2D eigenvalue weighted by Gasteiger charge is -2.28. The van der Waals surface area contributed by atoms with E-state index in [1.165, 1.54) is 25.9 Å². The Morgan fingerprint density at radius 2 is 1.74 bits per heavy atom. The molecule has 31 heavy (non-hydrogen) atoms. The van der Waals surface area contributed by atoms with E-state index in [9.17, 15) is 0 Å². The molecule has 1 unspecified atom stereocenters. The predicted octanol–water partition coefficient (Wildman–Crippen LogP) is 6.13. The number of anilines is 3. The van der Waals surface area contributed by atoms with Crippen LogP contribution in [0.4, 0.5) is 17.1 Å². The average Bonchev–Trinajstić information content (AvgIpc) is 3.42. The van der Waals surface area contributed by atoms with Gasteiger partial charge in [0.25, 0.3) is 0 Å². The minimum Gasteiger partial charge on any atom is -0.492 e. The van der Waals surface area contributed by atoms with Crippen LogP contribution < -0.4 is 15.0 Å². The molecule has 0 radical (unpaired) electrons. The van der Waals surface area contributed by atoms with Crippen LogP contribution in [0.2, 0.25) is 10.0 Å². The number of ether oxygens (including phenoxy) is 1. The Morgan fingerprint density at radius 3 is 2.48 bits per heavy atom. The smallest absolute Gasteiger partial charge is 0.133 e. The lowest BCUT2D eigenvalue weighted by Crippen LogP contribution is -2.25. The molecule has 160 valence electrons. The summed E-state index contributed by atoms with van der Waals surface area (Å²) in [6.45, 7) is 4.05.